The van der Waals surface area contributed by atoms with Gasteiger partial charge in [0.15, 0.2) is 0 Å². The molecule has 0 spiro atoms. The van der Waals surface area contributed by atoms with Gasteiger partial charge in [-0.15, -0.1) is 0 Å². The fraction of sp³-hybridized carbons (Fsp3) is 0.154. The molecule has 1 aliphatic carbocycles. The van der Waals surface area contributed by atoms with Gasteiger partial charge < -0.3 is 0 Å². The molecule has 0 aromatic heterocycles. The Bertz CT molecular complexity index is 980. The predicted molar refractivity (Wildman–Crippen MR) is 121 cm³/mol. The molecule has 0 saturated carbocycles. The molecule has 1 aliphatic rings. The van der Waals surface area contributed by atoms with Gasteiger partial charge in [0.1, 0.15) is 0 Å². The zero-order chi connectivity index (χ0) is 18.8. The molecule has 27 heavy (non-hydrogen) atoms. The zero-order valence-electron chi connectivity index (χ0n) is 16.3. The van der Waals surface area contributed by atoms with E-state index in [1.54, 1.807) is 10.8 Å². The summed E-state index contributed by atoms with van der Waals surface area (Å²) in [6.45, 7) is 4.68. The monoisotopic (exact) mass is 366 g/mol. The summed E-state index contributed by atoms with van der Waals surface area (Å²) in [5, 5.41) is 1.62. The van der Waals surface area contributed by atoms with Crippen molar-refractivity contribution in [3.8, 4) is 0 Å². The average Bonchev–Trinajstić information content (AvgIpc) is 3.03. The van der Waals surface area contributed by atoms with Crippen LogP contribution in [0, 0.1) is 5.92 Å². The molecule has 0 saturated heterocycles. The first-order chi connectivity index (χ1) is 13.2. The molecule has 0 N–H and O–H groups in total. The Labute approximate surface area is 165 Å². The van der Waals surface area contributed by atoms with Gasteiger partial charge in [-0.25, -0.2) is 0 Å². The maximum atomic E-state index is 2.34. The van der Waals surface area contributed by atoms with Gasteiger partial charge in [0, 0.05) is 16.2 Å². The van der Waals surface area contributed by atoms with Crippen LogP contribution in [0.1, 0.15) is 36.5 Å². The number of benzene rings is 3. The van der Waals surface area contributed by atoms with Gasteiger partial charge in [0.2, 0.25) is 0 Å². The van der Waals surface area contributed by atoms with E-state index in [4.69, 9.17) is 0 Å². The third kappa shape index (κ3) is 3.24. The van der Waals surface area contributed by atoms with Crippen LogP contribution in [0.2, 0.25) is 0 Å². The van der Waals surface area contributed by atoms with Gasteiger partial charge in [-0.05, 0) is 39.3 Å². The molecule has 0 aliphatic heterocycles. The average molecular weight is 367 g/mol. The van der Waals surface area contributed by atoms with Gasteiger partial charge in [0.25, 0.3) is 0 Å². The Hall–Kier alpha value is -2.64. The van der Waals surface area contributed by atoms with Crippen LogP contribution in [0.3, 0.4) is 0 Å². The second-order valence-corrected chi connectivity index (χ2v) is 8.69. The van der Waals surface area contributed by atoms with Crippen LogP contribution in [-0.2, 0) is 0 Å². The van der Waals surface area contributed by atoms with Crippen molar-refractivity contribution in [3.63, 3.8) is 0 Å². The first kappa shape index (κ1) is 17.8. The fourth-order valence-electron chi connectivity index (χ4n) is 4.51. The van der Waals surface area contributed by atoms with Crippen molar-refractivity contribution in [1.82, 2.24) is 0 Å². The Balaban J connectivity index is 2.05. The maximum Gasteiger partial charge on any atom is 0.0349 e. The molecular formula is C26H26Si. The molecular weight excluding hydrogens is 340 g/mol. The molecule has 0 fully saturated rings. The van der Waals surface area contributed by atoms with Crippen molar-refractivity contribution >= 4 is 21.4 Å². The topological polar surface area (TPSA) is 0 Å². The van der Waals surface area contributed by atoms with Gasteiger partial charge in [0.05, 0.1) is 0 Å². The zero-order valence-corrected chi connectivity index (χ0v) is 18.3. The van der Waals surface area contributed by atoms with E-state index >= 15 is 0 Å². The lowest BCUT2D eigenvalue weighted by atomic mass is 9.85. The van der Waals surface area contributed by atoms with Crippen LogP contribution in [-0.4, -0.2) is 10.2 Å². The SMILES string of the molecule is CC(C)C1=C([SiH3])C(c2ccccc2)C(c2ccccc2)=C1c1ccccc1. The molecule has 0 heterocycles. The van der Waals surface area contributed by atoms with E-state index < -0.39 is 0 Å². The van der Waals surface area contributed by atoms with Gasteiger partial charge in [-0.3, -0.25) is 0 Å². The normalized spacial score (nSPS) is 17.2. The van der Waals surface area contributed by atoms with E-state index in [0.717, 1.165) is 10.2 Å². The minimum atomic E-state index is 0.368. The molecule has 1 atom stereocenters. The quantitative estimate of drug-likeness (QED) is 0.522. The van der Waals surface area contributed by atoms with Crippen molar-refractivity contribution < 1.29 is 0 Å². The standard InChI is InChI=1S/C26H26Si/c1-18(2)22-23(19-12-6-3-7-13-19)24(20-14-8-4-9-15-20)25(26(22)27)21-16-10-5-11-17-21/h3-18,25H,1-2,27H3. The Kier molecular flexibility index (Phi) is 4.96. The lowest BCUT2D eigenvalue weighted by Crippen LogP contribution is -2.04. The molecule has 0 bridgehead atoms. The number of allylic oxidation sites excluding steroid dienone is 4. The third-order valence-electron chi connectivity index (χ3n) is 5.54. The summed E-state index contributed by atoms with van der Waals surface area (Å²) in [6.07, 6.45) is 0. The van der Waals surface area contributed by atoms with Crippen LogP contribution >= 0.6 is 0 Å². The summed E-state index contributed by atoms with van der Waals surface area (Å²) in [7, 11) is 1.07. The lowest BCUT2D eigenvalue weighted by molar-refractivity contribution is 0.792. The van der Waals surface area contributed by atoms with E-state index in [1.165, 1.54) is 27.8 Å². The first-order valence-corrected chi connectivity index (χ1v) is 10.8. The van der Waals surface area contributed by atoms with Gasteiger partial charge in [-0.1, -0.05) is 110 Å². The van der Waals surface area contributed by atoms with Crippen LogP contribution in [0.15, 0.2) is 102 Å². The second-order valence-electron chi connectivity index (χ2n) is 7.62. The minimum Gasteiger partial charge on any atom is -0.0762 e. The van der Waals surface area contributed by atoms with Crippen molar-refractivity contribution in [3.05, 3.63) is 118 Å². The Morgan fingerprint density at radius 1 is 0.667 bits per heavy atom. The van der Waals surface area contributed by atoms with Gasteiger partial charge >= 0.3 is 0 Å². The maximum absolute atomic E-state index is 2.34. The molecule has 1 unspecified atom stereocenters. The number of rotatable bonds is 4. The van der Waals surface area contributed by atoms with E-state index in [2.05, 4.69) is 105 Å². The van der Waals surface area contributed by atoms with Crippen LogP contribution in [0.5, 0.6) is 0 Å². The van der Waals surface area contributed by atoms with Crippen LogP contribution in [0.25, 0.3) is 11.1 Å². The molecule has 3 aromatic rings. The molecule has 0 amide bonds. The highest BCUT2D eigenvalue weighted by molar-refractivity contribution is 6.29. The van der Waals surface area contributed by atoms with Crippen molar-refractivity contribution in [2.45, 2.75) is 19.8 Å². The van der Waals surface area contributed by atoms with Crippen LogP contribution < -0.4 is 0 Å². The van der Waals surface area contributed by atoms with Crippen molar-refractivity contribution in [1.29, 1.82) is 0 Å². The Morgan fingerprint density at radius 3 is 1.67 bits per heavy atom. The first-order valence-electron chi connectivity index (χ1n) is 9.79. The molecule has 1 heteroatoms. The van der Waals surface area contributed by atoms with Crippen molar-refractivity contribution in [2.75, 3.05) is 0 Å². The molecule has 3 aromatic carbocycles. The van der Waals surface area contributed by atoms with Crippen LogP contribution in [0.4, 0.5) is 0 Å². The Morgan fingerprint density at radius 2 is 1.15 bits per heavy atom. The van der Waals surface area contributed by atoms with E-state index in [-0.39, 0.29) is 0 Å². The summed E-state index contributed by atoms with van der Waals surface area (Å²) in [4.78, 5) is 0. The predicted octanol–water partition coefficient (Wildman–Crippen LogP) is 5.67. The lowest BCUT2D eigenvalue weighted by Gasteiger charge is -2.19. The highest BCUT2D eigenvalue weighted by Crippen LogP contribution is 2.52. The molecule has 134 valence electrons. The third-order valence-corrected chi connectivity index (χ3v) is 6.66. The molecule has 0 radical (unpaired) electrons. The highest BCUT2D eigenvalue weighted by atomic mass is 28.1. The van der Waals surface area contributed by atoms with E-state index in [0.29, 0.717) is 11.8 Å². The minimum absolute atomic E-state index is 0.368. The summed E-state index contributed by atoms with van der Waals surface area (Å²) in [6, 6.07) is 33.0. The molecule has 0 nitrogen and oxygen atoms in total. The summed E-state index contributed by atoms with van der Waals surface area (Å²) in [5.41, 5.74) is 8.57. The number of hydrogen-bond acceptors (Lipinski definition) is 0. The van der Waals surface area contributed by atoms with Crippen molar-refractivity contribution in [2.24, 2.45) is 5.92 Å². The second kappa shape index (κ2) is 7.54. The summed E-state index contributed by atoms with van der Waals surface area (Å²) in [5.74, 6) is 0.882. The van der Waals surface area contributed by atoms with Gasteiger partial charge in [-0.2, -0.15) is 0 Å². The van der Waals surface area contributed by atoms with E-state index in [9.17, 15) is 0 Å². The largest absolute Gasteiger partial charge is 0.0762 e. The summed E-state index contributed by atoms with van der Waals surface area (Å²) < 4.78 is 0. The summed E-state index contributed by atoms with van der Waals surface area (Å²) >= 11 is 0. The molecule has 4 rings (SSSR count). The fourth-order valence-corrected chi connectivity index (χ4v) is 5.96. The number of hydrogen-bond donors (Lipinski definition) is 0. The highest BCUT2D eigenvalue weighted by Gasteiger charge is 2.34. The van der Waals surface area contributed by atoms with E-state index in [1.807, 2.05) is 0 Å². The smallest absolute Gasteiger partial charge is 0.0349 e.